The summed E-state index contributed by atoms with van der Waals surface area (Å²) in [6, 6.07) is 1.22. The van der Waals surface area contributed by atoms with Crippen LogP contribution in [0.2, 0.25) is 0 Å². The van der Waals surface area contributed by atoms with Crippen molar-refractivity contribution < 1.29 is 4.74 Å². The van der Waals surface area contributed by atoms with Crippen molar-refractivity contribution in [2.24, 2.45) is 0 Å². The molecule has 3 heteroatoms. The smallest absolute Gasteiger partial charge is 0.0589 e. The molecule has 0 fully saturated rings. The van der Waals surface area contributed by atoms with Gasteiger partial charge in [0, 0.05) is 25.7 Å². The van der Waals surface area contributed by atoms with Crippen molar-refractivity contribution in [3.05, 3.63) is 0 Å². The summed E-state index contributed by atoms with van der Waals surface area (Å²) in [5, 5.41) is 3.44. The molecular weight excluding hydrogens is 188 g/mol. The van der Waals surface area contributed by atoms with Crippen LogP contribution in [0.1, 0.15) is 34.1 Å². The molecule has 0 aliphatic heterocycles. The topological polar surface area (TPSA) is 24.5 Å². The summed E-state index contributed by atoms with van der Waals surface area (Å²) in [4.78, 5) is 2.47. The van der Waals surface area contributed by atoms with Crippen molar-refractivity contribution in [2.75, 3.05) is 33.4 Å². The summed E-state index contributed by atoms with van der Waals surface area (Å²) in [6.45, 7) is 13.0. The number of nitrogens with one attached hydrogen (secondary N) is 1. The van der Waals surface area contributed by atoms with Crippen LogP contribution in [0.25, 0.3) is 0 Å². The second-order valence-electron chi connectivity index (χ2n) is 4.37. The summed E-state index contributed by atoms with van der Waals surface area (Å²) < 4.78 is 5.12. The number of nitrogens with zero attached hydrogens (tertiary/aromatic N) is 1. The summed E-state index contributed by atoms with van der Waals surface area (Å²) in [7, 11) is 1.76. The van der Waals surface area contributed by atoms with Crippen LogP contribution in [-0.4, -0.2) is 50.3 Å². The normalized spacial score (nSPS) is 13.8. The van der Waals surface area contributed by atoms with Gasteiger partial charge in [0.1, 0.15) is 0 Å². The first-order chi connectivity index (χ1) is 7.11. The fourth-order valence-electron chi connectivity index (χ4n) is 1.65. The van der Waals surface area contributed by atoms with Crippen molar-refractivity contribution in [2.45, 2.75) is 46.2 Å². The molecular formula is C12H28N2O. The second-order valence-corrected chi connectivity index (χ2v) is 4.37. The Balaban J connectivity index is 3.74. The largest absolute Gasteiger partial charge is 0.383 e. The molecule has 15 heavy (non-hydrogen) atoms. The highest BCUT2D eigenvalue weighted by atomic mass is 16.5. The predicted octanol–water partition coefficient (Wildman–Crippen LogP) is 1.73. The fourth-order valence-corrected chi connectivity index (χ4v) is 1.65. The summed E-state index contributed by atoms with van der Waals surface area (Å²) in [5.41, 5.74) is 0. The molecule has 1 unspecified atom stereocenters. The van der Waals surface area contributed by atoms with Gasteiger partial charge >= 0.3 is 0 Å². The van der Waals surface area contributed by atoms with Crippen LogP contribution in [0.15, 0.2) is 0 Å². The van der Waals surface area contributed by atoms with E-state index in [1.807, 2.05) is 0 Å². The number of methoxy groups -OCH3 is 1. The number of rotatable bonds is 9. The lowest BCUT2D eigenvalue weighted by Crippen LogP contribution is -2.38. The van der Waals surface area contributed by atoms with Crippen LogP contribution in [0.4, 0.5) is 0 Å². The first-order valence-corrected chi connectivity index (χ1v) is 6.08. The van der Waals surface area contributed by atoms with E-state index in [2.05, 4.69) is 37.9 Å². The van der Waals surface area contributed by atoms with E-state index in [-0.39, 0.29) is 0 Å². The molecule has 0 aromatic heterocycles. The average Bonchev–Trinajstić information content (AvgIpc) is 2.17. The van der Waals surface area contributed by atoms with Gasteiger partial charge in [-0.15, -0.1) is 0 Å². The Bertz CT molecular complexity index is 140. The van der Waals surface area contributed by atoms with Gasteiger partial charge in [0.2, 0.25) is 0 Å². The molecule has 0 bridgehead atoms. The molecule has 92 valence electrons. The number of ether oxygens (including phenoxy) is 1. The lowest BCUT2D eigenvalue weighted by molar-refractivity contribution is 0.126. The van der Waals surface area contributed by atoms with E-state index in [1.54, 1.807) is 7.11 Å². The molecule has 0 saturated heterocycles. The first kappa shape index (κ1) is 14.9. The minimum absolute atomic E-state index is 0.606. The molecule has 0 radical (unpaired) electrons. The Hall–Kier alpha value is -0.120. The van der Waals surface area contributed by atoms with Crippen LogP contribution >= 0.6 is 0 Å². The van der Waals surface area contributed by atoms with E-state index in [4.69, 9.17) is 4.74 Å². The van der Waals surface area contributed by atoms with E-state index in [9.17, 15) is 0 Å². The highest BCUT2D eigenvalue weighted by molar-refractivity contribution is 4.67. The Kier molecular flexibility index (Phi) is 9.06. The van der Waals surface area contributed by atoms with Crippen LogP contribution < -0.4 is 5.32 Å². The van der Waals surface area contributed by atoms with E-state index in [0.717, 1.165) is 26.2 Å². The number of hydrogen-bond donors (Lipinski definition) is 1. The maximum atomic E-state index is 5.12. The van der Waals surface area contributed by atoms with Crippen LogP contribution in [0, 0.1) is 0 Å². The molecule has 0 spiro atoms. The minimum Gasteiger partial charge on any atom is -0.383 e. The Labute approximate surface area is 95.2 Å². The van der Waals surface area contributed by atoms with Gasteiger partial charge in [-0.2, -0.15) is 0 Å². The predicted molar refractivity (Wildman–Crippen MR) is 66.3 cm³/mol. The second kappa shape index (κ2) is 9.13. The maximum absolute atomic E-state index is 5.12. The van der Waals surface area contributed by atoms with Gasteiger partial charge in [0.25, 0.3) is 0 Å². The molecule has 0 aliphatic carbocycles. The molecule has 0 amide bonds. The lowest BCUT2D eigenvalue weighted by Gasteiger charge is -2.27. The SMILES string of the molecule is CCNC(C)CCN(CCOC)C(C)C. The van der Waals surface area contributed by atoms with Gasteiger partial charge in [-0.3, -0.25) is 4.90 Å². The Morgan fingerprint density at radius 3 is 2.33 bits per heavy atom. The zero-order chi connectivity index (χ0) is 11.7. The monoisotopic (exact) mass is 216 g/mol. The van der Waals surface area contributed by atoms with Crippen molar-refractivity contribution >= 4 is 0 Å². The van der Waals surface area contributed by atoms with E-state index < -0.39 is 0 Å². The van der Waals surface area contributed by atoms with E-state index in [1.165, 1.54) is 6.42 Å². The summed E-state index contributed by atoms with van der Waals surface area (Å²) in [5.74, 6) is 0. The zero-order valence-electron chi connectivity index (χ0n) is 11.0. The molecule has 0 saturated carbocycles. The third kappa shape index (κ3) is 7.77. The van der Waals surface area contributed by atoms with Crippen molar-refractivity contribution in [1.82, 2.24) is 10.2 Å². The fraction of sp³-hybridized carbons (Fsp3) is 1.00. The average molecular weight is 216 g/mol. The third-order valence-electron chi connectivity index (χ3n) is 2.71. The Morgan fingerprint density at radius 1 is 1.20 bits per heavy atom. The van der Waals surface area contributed by atoms with Crippen molar-refractivity contribution in [3.8, 4) is 0 Å². The van der Waals surface area contributed by atoms with Gasteiger partial charge in [-0.25, -0.2) is 0 Å². The maximum Gasteiger partial charge on any atom is 0.0589 e. The molecule has 0 aromatic rings. The zero-order valence-corrected chi connectivity index (χ0v) is 11.0. The van der Waals surface area contributed by atoms with Crippen molar-refractivity contribution in [3.63, 3.8) is 0 Å². The van der Waals surface area contributed by atoms with Crippen LogP contribution in [0.5, 0.6) is 0 Å². The summed E-state index contributed by atoms with van der Waals surface area (Å²) >= 11 is 0. The molecule has 1 atom stereocenters. The molecule has 0 aromatic carbocycles. The van der Waals surface area contributed by atoms with Crippen LogP contribution in [0.3, 0.4) is 0 Å². The highest BCUT2D eigenvalue weighted by Gasteiger charge is 2.10. The van der Waals surface area contributed by atoms with Gasteiger partial charge in [0.05, 0.1) is 6.61 Å². The van der Waals surface area contributed by atoms with E-state index >= 15 is 0 Å². The van der Waals surface area contributed by atoms with E-state index in [0.29, 0.717) is 12.1 Å². The summed E-state index contributed by atoms with van der Waals surface area (Å²) in [6.07, 6.45) is 1.20. The van der Waals surface area contributed by atoms with Gasteiger partial charge < -0.3 is 10.1 Å². The van der Waals surface area contributed by atoms with Gasteiger partial charge in [-0.1, -0.05) is 6.92 Å². The molecule has 3 nitrogen and oxygen atoms in total. The van der Waals surface area contributed by atoms with Gasteiger partial charge in [0.15, 0.2) is 0 Å². The quantitative estimate of drug-likeness (QED) is 0.635. The minimum atomic E-state index is 0.606. The number of hydrogen-bond acceptors (Lipinski definition) is 3. The molecule has 1 N–H and O–H groups in total. The third-order valence-corrected chi connectivity index (χ3v) is 2.71. The molecule has 0 aliphatic rings. The standard InChI is InChI=1S/C12H28N2O/c1-6-13-12(4)7-8-14(11(2)3)9-10-15-5/h11-13H,6-10H2,1-5H3. The lowest BCUT2D eigenvalue weighted by atomic mass is 10.2. The van der Waals surface area contributed by atoms with Gasteiger partial charge in [-0.05, 0) is 40.3 Å². The van der Waals surface area contributed by atoms with Crippen LogP contribution in [-0.2, 0) is 4.74 Å². The molecule has 0 rings (SSSR count). The highest BCUT2D eigenvalue weighted by Crippen LogP contribution is 2.01. The first-order valence-electron chi connectivity index (χ1n) is 6.08. The Morgan fingerprint density at radius 2 is 1.87 bits per heavy atom. The van der Waals surface area contributed by atoms with Crippen molar-refractivity contribution in [1.29, 1.82) is 0 Å². The molecule has 0 heterocycles.